The molecule has 0 unspecified atom stereocenters. The highest BCUT2D eigenvalue weighted by Crippen LogP contribution is 2.36. The third kappa shape index (κ3) is 8.17. The molecule has 0 amide bonds. The zero-order valence-corrected chi connectivity index (χ0v) is 27.7. The van der Waals surface area contributed by atoms with Gasteiger partial charge in [-0.1, -0.05) is 98.1 Å². The number of rotatable bonds is 14. The Hall–Kier alpha value is -6.40. The summed E-state index contributed by atoms with van der Waals surface area (Å²) in [5.74, 6) is -0.857. The van der Waals surface area contributed by atoms with Crippen molar-refractivity contribution in [1.29, 1.82) is 0 Å². The Morgan fingerprint density at radius 2 is 1.16 bits per heavy atom. The van der Waals surface area contributed by atoms with Gasteiger partial charge < -0.3 is 18.8 Å². The summed E-state index contributed by atoms with van der Waals surface area (Å²) in [5, 5.41) is 1.06. The average molecular weight is 660 g/mol. The van der Waals surface area contributed by atoms with Crippen LogP contribution in [0.1, 0.15) is 27.8 Å². The van der Waals surface area contributed by atoms with Crippen molar-refractivity contribution in [2.45, 2.75) is 12.8 Å². The number of para-hydroxylation sites is 1. The van der Waals surface area contributed by atoms with E-state index in [-0.39, 0.29) is 13.2 Å². The van der Waals surface area contributed by atoms with Crippen LogP contribution >= 0.6 is 0 Å². The maximum Gasteiger partial charge on any atom is 0.330 e. The van der Waals surface area contributed by atoms with Crippen LogP contribution in [0.3, 0.4) is 0 Å². The number of carbonyl (C=O) groups excluding carboxylic acids is 2. The zero-order valence-electron chi connectivity index (χ0n) is 27.7. The lowest BCUT2D eigenvalue weighted by Crippen LogP contribution is -2.10. The first-order valence-electron chi connectivity index (χ1n) is 16.4. The lowest BCUT2D eigenvalue weighted by Gasteiger charge is -2.26. The molecule has 0 N–H and O–H groups in total. The molecule has 0 bridgehead atoms. The van der Waals surface area contributed by atoms with Crippen molar-refractivity contribution in [2.24, 2.45) is 0 Å². The number of fused-ring (bicyclic) bond motifs is 1. The van der Waals surface area contributed by atoms with Gasteiger partial charge in [-0.2, -0.15) is 0 Å². The number of hydrogen-bond donors (Lipinski definition) is 0. The van der Waals surface area contributed by atoms with E-state index in [1.54, 1.807) is 6.26 Å². The fourth-order valence-corrected chi connectivity index (χ4v) is 5.75. The Morgan fingerprint density at radius 1 is 0.620 bits per heavy atom. The second kappa shape index (κ2) is 16.1. The summed E-state index contributed by atoms with van der Waals surface area (Å²) < 4.78 is 16.3. The molecule has 0 fully saturated rings. The molecular weight excluding hydrogens is 622 g/mol. The zero-order chi connectivity index (χ0) is 34.7. The maximum atomic E-state index is 11.5. The van der Waals surface area contributed by atoms with E-state index in [0.29, 0.717) is 12.8 Å². The van der Waals surface area contributed by atoms with Crippen LogP contribution in [0.15, 0.2) is 163 Å². The molecule has 0 radical (unpaired) electrons. The Balaban J connectivity index is 1.32. The minimum atomic E-state index is -0.428. The third-order valence-corrected chi connectivity index (χ3v) is 8.31. The van der Waals surface area contributed by atoms with E-state index in [1.165, 1.54) is 12.2 Å². The molecule has 0 aliphatic carbocycles. The highest BCUT2D eigenvalue weighted by Gasteiger charge is 2.15. The van der Waals surface area contributed by atoms with Gasteiger partial charge in [0.2, 0.25) is 0 Å². The summed E-state index contributed by atoms with van der Waals surface area (Å²) in [6.07, 6.45) is 7.46. The fourth-order valence-electron chi connectivity index (χ4n) is 5.75. The largest absolute Gasteiger partial charge is 0.464 e. The van der Waals surface area contributed by atoms with Crippen LogP contribution in [0.25, 0.3) is 22.6 Å². The predicted molar refractivity (Wildman–Crippen MR) is 200 cm³/mol. The van der Waals surface area contributed by atoms with Crippen molar-refractivity contribution in [3.05, 3.63) is 187 Å². The van der Waals surface area contributed by atoms with E-state index in [9.17, 15) is 9.59 Å². The SMILES string of the molecule is C=CC(=O)OCCc1ccc(N(c2ccc(/C=C(\c3ccccc3)c3cccc4ccoc34)cc2)c2ccc(CCOC(=O)C=C)cc2)cc1. The van der Waals surface area contributed by atoms with E-state index < -0.39 is 11.9 Å². The first-order valence-corrected chi connectivity index (χ1v) is 16.4. The quantitative estimate of drug-likeness (QED) is 0.0659. The van der Waals surface area contributed by atoms with Gasteiger partial charge in [0.1, 0.15) is 5.58 Å². The Labute approximate surface area is 292 Å². The van der Waals surface area contributed by atoms with Crippen molar-refractivity contribution >= 4 is 51.6 Å². The molecule has 6 rings (SSSR count). The van der Waals surface area contributed by atoms with E-state index in [0.717, 1.165) is 61.4 Å². The van der Waals surface area contributed by atoms with Gasteiger partial charge >= 0.3 is 11.9 Å². The van der Waals surface area contributed by atoms with E-state index in [2.05, 4.69) is 103 Å². The molecule has 0 spiro atoms. The normalized spacial score (nSPS) is 11.2. The number of ether oxygens (including phenoxy) is 2. The molecular formula is C44H37NO5. The first kappa shape index (κ1) is 33.5. The molecule has 1 aromatic heterocycles. The standard InChI is InChI=1S/C44H37NO5/c1-3-42(46)48-28-25-32-13-19-37(20-14-32)45(38-21-15-33(16-22-38)26-29-49-43(47)4-2)39-23-17-34(18-24-39)31-41(35-9-6-5-7-10-35)40-12-8-11-36-27-30-50-44(36)40/h3-24,27,30-31H,1-2,25-26,28-29H2/b41-31+. The summed E-state index contributed by atoms with van der Waals surface area (Å²) in [5.41, 5.74) is 10.1. The number of esters is 2. The fraction of sp³-hybridized carbons (Fsp3) is 0.0909. The molecule has 6 heteroatoms. The van der Waals surface area contributed by atoms with Gasteiger partial charge in [-0.25, -0.2) is 9.59 Å². The molecule has 248 valence electrons. The van der Waals surface area contributed by atoms with Crippen molar-refractivity contribution < 1.29 is 23.5 Å². The highest BCUT2D eigenvalue weighted by atomic mass is 16.5. The molecule has 1 heterocycles. The molecule has 6 aromatic rings. The molecule has 0 atom stereocenters. The maximum absolute atomic E-state index is 11.5. The van der Waals surface area contributed by atoms with Gasteiger partial charge in [-0.05, 0) is 76.4 Å². The predicted octanol–water partition coefficient (Wildman–Crippen LogP) is 10.0. The minimum absolute atomic E-state index is 0.284. The van der Waals surface area contributed by atoms with Crippen LogP contribution in [-0.4, -0.2) is 25.2 Å². The summed E-state index contributed by atoms with van der Waals surface area (Å²) in [6.45, 7) is 7.47. The van der Waals surface area contributed by atoms with Gasteiger partial charge in [0.25, 0.3) is 0 Å². The van der Waals surface area contributed by atoms with Crippen LogP contribution in [-0.2, 0) is 31.9 Å². The number of furan rings is 1. The number of nitrogens with zero attached hydrogens (tertiary/aromatic N) is 1. The van der Waals surface area contributed by atoms with Gasteiger partial charge in [-0.3, -0.25) is 0 Å². The molecule has 0 saturated heterocycles. The number of carbonyl (C=O) groups is 2. The van der Waals surface area contributed by atoms with Crippen LogP contribution in [0.5, 0.6) is 0 Å². The molecule has 0 saturated carbocycles. The second-order valence-corrected chi connectivity index (χ2v) is 11.6. The van der Waals surface area contributed by atoms with Gasteiger partial charge in [0, 0.05) is 53.0 Å². The lowest BCUT2D eigenvalue weighted by molar-refractivity contribution is -0.138. The van der Waals surface area contributed by atoms with E-state index in [4.69, 9.17) is 13.9 Å². The summed E-state index contributed by atoms with van der Waals surface area (Å²) in [4.78, 5) is 25.1. The number of benzene rings is 5. The van der Waals surface area contributed by atoms with E-state index in [1.807, 2.05) is 48.5 Å². The molecule has 6 nitrogen and oxygen atoms in total. The Morgan fingerprint density at radius 3 is 1.70 bits per heavy atom. The van der Waals surface area contributed by atoms with Gasteiger partial charge in [0.15, 0.2) is 0 Å². The van der Waals surface area contributed by atoms with Crippen molar-refractivity contribution in [1.82, 2.24) is 0 Å². The van der Waals surface area contributed by atoms with Crippen molar-refractivity contribution in [3.63, 3.8) is 0 Å². The second-order valence-electron chi connectivity index (χ2n) is 11.6. The van der Waals surface area contributed by atoms with Gasteiger partial charge in [-0.15, -0.1) is 0 Å². The minimum Gasteiger partial charge on any atom is -0.464 e. The first-order chi connectivity index (χ1) is 24.5. The van der Waals surface area contributed by atoms with Crippen molar-refractivity contribution in [2.75, 3.05) is 18.1 Å². The summed E-state index contributed by atoms with van der Waals surface area (Å²) in [6, 6.07) is 43.5. The van der Waals surface area contributed by atoms with Crippen molar-refractivity contribution in [3.8, 4) is 0 Å². The summed E-state index contributed by atoms with van der Waals surface area (Å²) >= 11 is 0. The number of anilines is 3. The van der Waals surface area contributed by atoms with Crippen LogP contribution < -0.4 is 4.90 Å². The highest BCUT2D eigenvalue weighted by molar-refractivity contribution is 6.00. The molecule has 5 aromatic carbocycles. The van der Waals surface area contributed by atoms with Crippen LogP contribution in [0.4, 0.5) is 17.1 Å². The average Bonchev–Trinajstić information content (AvgIpc) is 3.66. The monoisotopic (exact) mass is 659 g/mol. The van der Waals surface area contributed by atoms with Crippen LogP contribution in [0.2, 0.25) is 0 Å². The summed E-state index contributed by atoms with van der Waals surface area (Å²) in [7, 11) is 0. The van der Waals surface area contributed by atoms with Crippen LogP contribution in [0, 0.1) is 0 Å². The third-order valence-electron chi connectivity index (χ3n) is 8.31. The Kier molecular flexibility index (Phi) is 10.8. The topological polar surface area (TPSA) is 69.0 Å². The molecule has 50 heavy (non-hydrogen) atoms. The molecule has 0 aliphatic rings. The van der Waals surface area contributed by atoms with E-state index >= 15 is 0 Å². The smallest absolute Gasteiger partial charge is 0.330 e. The number of hydrogen-bond acceptors (Lipinski definition) is 6. The lowest BCUT2D eigenvalue weighted by atomic mass is 9.94. The van der Waals surface area contributed by atoms with Gasteiger partial charge in [0.05, 0.1) is 19.5 Å². The molecule has 0 aliphatic heterocycles. The Bertz CT molecular complexity index is 2040.